The second-order valence-corrected chi connectivity index (χ2v) is 2.62. The molecule has 0 aliphatic heterocycles. The quantitative estimate of drug-likeness (QED) is 0.654. The molecule has 4 N–H and O–H groups in total. The van der Waals surface area contributed by atoms with Gasteiger partial charge in [0, 0.05) is 6.07 Å². The van der Waals surface area contributed by atoms with Crippen molar-refractivity contribution in [3.8, 4) is 11.8 Å². The lowest BCUT2D eigenvalue weighted by molar-refractivity contribution is 0.100. The Kier molecular flexibility index (Phi) is 2.58. The maximum absolute atomic E-state index is 10.9. The highest BCUT2D eigenvalue weighted by Gasteiger charge is 2.12. The van der Waals surface area contributed by atoms with Gasteiger partial charge in [-0.1, -0.05) is 0 Å². The number of hydrogen-bond acceptors (Lipinski definition) is 4. The van der Waals surface area contributed by atoms with Crippen LogP contribution in [0.5, 0.6) is 5.75 Å². The van der Waals surface area contributed by atoms with Gasteiger partial charge in [0.1, 0.15) is 5.75 Å². The first-order chi connectivity index (χ1) is 6.60. The SMILES string of the molecule is COc1cc(C#N)cc(C(N)=O)c1N. The Morgan fingerprint density at radius 3 is 2.64 bits per heavy atom. The smallest absolute Gasteiger partial charge is 0.250 e. The minimum atomic E-state index is -0.682. The third-order valence-corrected chi connectivity index (χ3v) is 1.76. The highest BCUT2D eigenvalue weighted by Crippen LogP contribution is 2.26. The Morgan fingerprint density at radius 1 is 1.57 bits per heavy atom. The van der Waals surface area contributed by atoms with Crippen LogP contribution in [-0.4, -0.2) is 13.0 Å². The summed E-state index contributed by atoms with van der Waals surface area (Å²) in [7, 11) is 1.40. The molecule has 0 atom stereocenters. The molecule has 0 aliphatic carbocycles. The molecule has 0 fully saturated rings. The third kappa shape index (κ3) is 1.59. The van der Waals surface area contributed by atoms with Crippen LogP contribution in [0.2, 0.25) is 0 Å². The number of hydrogen-bond donors (Lipinski definition) is 2. The first-order valence-corrected chi connectivity index (χ1v) is 3.77. The van der Waals surface area contributed by atoms with E-state index in [-0.39, 0.29) is 22.6 Å². The van der Waals surface area contributed by atoms with Crippen LogP contribution in [0.4, 0.5) is 5.69 Å². The van der Waals surface area contributed by atoms with Crippen LogP contribution in [0.1, 0.15) is 15.9 Å². The zero-order chi connectivity index (χ0) is 10.7. The molecule has 0 saturated carbocycles. The normalized spacial score (nSPS) is 9.14. The van der Waals surface area contributed by atoms with E-state index in [1.807, 2.05) is 6.07 Å². The third-order valence-electron chi connectivity index (χ3n) is 1.76. The number of primary amides is 1. The number of rotatable bonds is 2. The van der Waals surface area contributed by atoms with Crippen molar-refractivity contribution >= 4 is 11.6 Å². The van der Waals surface area contributed by atoms with Gasteiger partial charge in [-0.25, -0.2) is 0 Å². The molecular formula is C9H9N3O2. The molecule has 1 rings (SSSR count). The van der Waals surface area contributed by atoms with Crippen molar-refractivity contribution in [1.29, 1.82) is 5.26 Å². The Labute approximate surface area is 80.9 Å². The molecule has 0 saturated heterocycles. The van der Waals surface area contributed by atoms with Gasteiger partial charge in [0.05, 0.1) is 30.0 Å². The predicted octanol–water partition coefficient (Wildman–Crippen LogP) is 0.248. The summed E-state index contributed by atoms with van der Waals surface area (Å²) in [5.41, 5.74) is 11.2. The Balaban J connectivity index is 3.44. The summed E-state index contributed by atoms with van der Waals surface area (Å²) >= 11 is 0. The van der Waals surface area contributed by atoms with Crippen molar-refractivity contribution in [3.63, 3.8) is 0 Å². The molecule has 0 heterocycles. The zero-order valence-corrected chi connectivity index (χ0v) is 7.57. The topological polar surface area (TPSA) is 102 Å². The molecule has 1 amide bonds. The van der Waals surface area contributed by atoms with Gasteiger partial charge in [0.2, 0.25) is 0 Å². The lowest BCUT2D eigenvalue weighted by atomic mass is 10.1. The predicted molar refractivity (Wildman–Crippen MR) is 50.6 cm³/mol. The van der Waals surface area contributed by atoms with E-state index in [0.29, 0.717) is 0 Å². The first kappa shape index (κ1) is 9.86. The van der Waals surface area contributed by atoms with E-state index in [4.69, 9.17) is 21.5 Å². The minimum Gasteiger partial charge on any atom is -0.495 e. The number of nitriles is 1. The Hall–Kier alpha value is -2.22. The molecule has 0 unspecified atom stereocenters. The fourth-order valence-electron chi connectivity index (χ4n) is 1.06. The standard InChI is InChI=1S/C9H9N3O2/c1-14-7-3-5(4-10)2-6(8(7)11)9(12)13/h2-3H,11H2,1H3,(H2,12,13). The molecule has 0 bridgehead atoms. The van der Waals surface area contributed by atoms with Crippen molar-refractivity contribution in [2.45, 2.75) is 0 Å². The van der Waals surface area contributed by atoms with Crippen LogP contribution >= 0.6 is 0 Å². The van der Waals surface area contributed by atoms with E-state index >= 15 is 0 Å². The molecule has 14 heavy (non-hydrogen) atoms. The van der Waals surface area contributed by atoms with Gasteiger partial charge in [-0.3, -0.25) is 4.79 Å². The summed E-state index contributed by atoms with van der Waals surface area (Å²) in [5, 5.41) is 8.66. The van der Waals surface area contributed by atoms with Gasteiger partial charge >= 0.3 is 0 Å². The Morgan fingerprint density at radius 2 is 2.21 bits per heavy atom. The highest BCUT2D eigenvalue weighted by molar-refractivity contribution is 5.99. The summed E-state index contributed by atoms with van der Waals surface area (Å²) in [6, 6.07) is 4.66. The van der Waals surface area contributed by atoms with Gasteiger partial charge in [0.15, 0.2) is 0 Å². The summed E-state index contributed by atoms with van der Waals surface area (Å²) in [6.07, 6.45) is 0. The Bertz CT molecular complexity index is 421. The van der Waals surface area contributed by atoms with Crippen LogP contribution in [-0.2, 0) is 0 Å². The molecule has 0 spiro atoms. The largest absolute Gasteiger partial charge is 0.495 e. The molecule has 0 aliphatic rings. The number of nitrogen functional groups attached to an aromatic ring is 1. The summed E-state index contributed by atoms with van der Waals surface area (Å²) < 4.78 is 4.89. The number of amides is 1. The van der Waals surface area contributed by atoms with Crippen molar-refractivity contribution in [2.75, 3.05) is 12.8 Å². The molecule has 5 nitrogen and oxygen atoms in total. The van der Waals surface area contributed by atoms with Gasteiger partial charge in [-0.15, -0.1) is 0 Å². The van der Waals surface area contributed by atoms with Crippen molar-refractivity contribution in [3.05, 3.63) is 23.3 Å². The van der Waals surface area contributed by atoms with E-state index < -0.39 is 5.91 Å². The van der Waals surface area contributed by atoms with E-state index in [2.05, 4.69) is 0 Å². The number of methoxy groups -OCH3 is 1. The summed E-state index contributed by atoms with van der Waals surface area (Å²) in [4.78, 5) is 10.9. The average Bonchev–Trinajstić information content (AvgIpc) is 2.17. The fourth-order valence-corrected chi connectivity index (χ4v) is 1.06. The lowest BCUT2D eigenvalue weighted by Crippen LogP contribution is -2.14. The van der Waals surface area contributed by atoms with Crippen LogP contribution in [0.25, 0.3) is 0 Å². The number of nitrogens with two attached hydrogens (primary N) is 2. The van der Waals surface area contributed by atoms with Crippen molar-refractivity contribution < 1.29 is 9.53 Å². The summed E-state index contributed by atoms with van der Waals surface area (Å²) in [5.74, 6) is -0.407. The van der Waals surface area contributed by atoms with Gasteiger partial charge < -0.3 is 16.2 Å². The van der Waals surface area contributed by atoms with E-state index in [1.165, 1.54) is 19.2 Å². The second kappa shape index (κ2) is 3.66. The van der Waals surface area contributed by atoms with E-state index in [9.17, 15) is 4.79 Å². The molecule has 1 aromatic carbocycles. The maximum Gasteiger partial charge on any atom is 0.250 e. The van der Waals surface area contributed by atoms with Crippen LogP contribution < -0.4 is 16.2 Å². The molecule has 0 aromatic heterocycles. The van der Waals surface area contributed by atoms with Crippen molar-refractivity contribution in [1.82, 2.24) is 0 Å². The summed E-state index contributed by atoms with van der Waals surface area (Å²) in [6.45, 7) is 0. The number of carbonyl (C=O) groups excluding carboxylic acids is 1. The molecule has 5 heteroatoms. The van der Waals surface area contributed by atoms with Crippen LogP contribution in [0.3, 0.4) is 0 Å². The van der Waals surface area contributed by atoms with Crippen LogP contribution in [0, 0.1) is 11.3 Å². The van der Waals surface area contributed by atoms with Gasteiger partial charge in [-0.2, -0.15) is 5.26 Å². The molecule has 0 radical (unpaired) electrons. The number of carbonyl (C=O) groups is 1. The number of anilines is 1. The monoisotopic (exact) mass is 191 g/mol. The minimum absolute atomic E-state index is 0.0981. The number of nitrogens with zero attached hydrogens (tertiary/aromatic N) is 1. The first-order valence-electron chi connectivity index (χ1n) is 3.77. The molecule has 1 aromatic rings. The number of ether oxygens (including phenoxy) is 1. The second-order valence-electron chi connectivity index (χ2n) is 2.62. The van der Waals surface area contributed by atoms with E-state index in [1.54, 1.807) is 0 Å². The fraction of sp³-hybridized carbons (Fsp3) is 0.111. The van der Waals surface area contributed by atoms with Gasteiger partial charge in [0.25, 0.3) is 5.91 Å². The molecule has 72 valence electrons. The van der Waals surface area contributed by atoms with Crippen LogP contribution in [0.15, 0.2) is 12.1 Å². The number of benzene rings is 1. The van der Waals surface area contributed by atoms with E-state index in [0.717, 1.165) is 0 Å². The van der Waals surface area contributed by atoms with Gasteiger partial charge in [-0.05, 0) is 6.07 Å². The van der Waals surface area contributed by atoms with Crippen molar-refractivity contribution in [2.24, 2.45) is 5.73 Å². The molecular weight excluding hydrogens is 182 g/mol. The zero-order valence-electron chi connectivity index (χ0n) is 7.57. The average molecular weight is 191 g/mol. The lowest BCUT2D eigenvalue weighted by Gasteiger charge is -2.07. The highest BCUT2D eigenvalue weighted by atomic mass is 16.5. The maximum atomic E-state index is 10.9.